The topological polar surface area (TPSA) is 78.5 Å². The van der Waals surface area contributed by atoms with Gasteiger partial charge in [-0.3, -0.25) is 14.5 Å². The number of urea groups is 1. The Labute approximate surface area is 155 Å². The molecular formula is C20H18FN3O3. The number of fused-ring (bicyclic) bond motifs is 1. The predicted molar refractivity (Wildman–Crippen MR) is 96.5 cm³/mol. The molecule has 1 aliphatic carbocycles. The number of nitrogens with zero attached hydrogens (tertiary/aromatic N) is 1. The Kier molecular flexibility index (Phi) is 4.14. The molecule has 2 N–H and O–H groups in total. The minimum Gasteiger partial charge on any atom is -0.325 e. The van der Waals surface area contributed by atoms with Gasteiger partial charge in [0.15, 0.2) is 0 Å². The molecule has 0 aromatic heterocycles. The summed E-state index contributed by atoms with van der Waals surface area (Å²) in [7, 11) is 0. The lowest BCUT2D eigenvalue weighted by molar-refractivity contribution is -0.134. The van der Waals surface area contributed by atoms with Crippen LogP contribution in [-0.2, 0) is 22.4 Å². The van der Waals surface area contributed by atoms with Crippen molar-refractivity contribution in [3.05, 3.63) is 65.5 Å². The minimum atomic E-state index is -0.985. The number of carbonyl (C=O) groups is 3. The lowest BCUT2D eigenvalue weighted by atomic mass is 9.78. The molecule has 0 saturated carbocycles. The third kappa shape index (κ3) is 3.16. The number of amides is 4. The Morgan fingerprint density at radius 3 is 2.56 bits per heavy atom. The summed E-state index contributed by atoms with van der Waals surface area (Å²) >= 11 is 0. The number of anilines is 1. The van der Waals surface area contributed by atoms with E-state index in [1.807, 2.05) is 24.3 Å². The Balaban J connectivity index is 1.47. The van der Waals surface area contributed by atoms with Crippen LogP contribution >= 0.6 is 0 Å². The molecule has 0 radical (unpaired) electrons. The van der Waals surface area contributed by atoms with Crippen molar-refractivity contribution in [2.45, 2.75) is 24.8 Å². The molecule has 1 atom stereocenters. The number of nitrogens with one attached hydrogen (secondary N) is 2. The highest BCUT2D eigenvalue weighted by atomic mass is 19.1. The van der Waals surface area contributed by atoms with Crippen molar-refractivity contribution in [3.8, 4) is 0 Å². The van der Waals surface area contributed by atoms with Crippen LogP contribution in [0.15, 0.2) is 48.5 Å². The molecule has 1 fully saturated rings. The largest absolute Gasteiger partial charge is 0.325 e. The van der Waals surface area contributed by atoms with Gasteiger partial charge in [-0.05, 0) is 48.2 Å². The quantitative estimate of drug-likeness (QED) is 0.817. The zero-order valence-corrected chi connectivity index (χ0v) is 14.5. The summed E-state index contributed by atoms with van der Waals surface area (Å²) in [6, 6.07) is 12.6. The normalized spacial score (nSPS) is 21.1. The Bertz CT molecular complexity index is 928. The van der Waals surface area contributed by atoms with Crippen LogP contribution < -0.4 is 10.6 Å². The lowest BCUT2D eigenvalue weighted by Gasteiger charge is -2.32. The molecule has 1 aliphatic heterocycles. The van der Waals surface area contributed by atoms with Crippen molar-refractivity contribution in [2.75, 3.05) is 11.9 Å². The molecule has 0 unspecified atom stereocenters. The number of halogens is 1. The molecule has 1 spiro atoms. The molecule has 0 bridgehead atoms. The van der Waals surface area contributed by atoms with Crippen LogP contribution in [0.25, 0.3) is 0 Å². The predicted octanol–water partition coefficient (Wildman–Crippen LogP) is 2.24. The van der Waals surface area contributed by atoms with Crippen LogP contribution in [0, 0.1) is 5.82 Å². The Morgan fingerprint density at radius 2 is 1.81 bits per heavy atom. The molecule has 4 amide bonds. The molecule has 4 rings (SSSR count). The van der Waals surface area contributed by atoms with Gasteiger partial charge in [0.25, 0.3) is 5.91 Å². The van der Waals surface area contributed by atoms with Crippen molar-refractivity contribution in [1.29, 1.82) is 0 Å². The van der Waals surface area contributed by atoms with E-state index in [0.29, 0.717) is 24.9 Å². The zero-order chi connectivity index (χ0) is 19.0. The van der Waals surface area contributed by atoms with Gasteiger partial charge in [-0.15, -0.1) is 0 Å². The average Bonchev–Trinajstić information content (AvgIpc) is 2.87. The number of benzene rings is 2. The zero-order valence-electron chi connectivity index (χ0n) is 14.5. The maximum absolute atomic E-state index is 12.9. The Hall–Kier alpha value is -3.22. The highest BCUT2D eigenvalue weighted by Gasteiger charge is 2.52. The second-order valence-corrected chi connectivity index (χ2v) is 6.90. The lowest BCUT2D eigenvalue weighted by Crippen LogP contribution is -2.51. The second-order valence-electron chi connectivity index (χ2n) is 6.90. The van der Waals surface area contributed by atoms with Gasteiger partial charge >= 0.3 is 6.03 Å². The van der Waals surface area contributed by atoms with Gasteiger partial charge in [-0.25, -0.2) is 9.18 Å². The van der Waals surface area contributed by atoms with Gasteiger partial charge in [0.1, 0.15) is 17.9 Å². The minimum absolute atomic E-state index is 0.378. The molecule has 7 heteroatoms. The summed E-state index contributed by atoms with van der Waals surface area (Å²) in [5.41, 5.74) is 1.63. The first kappa shape index (κ1) is 17.2. The summed E-state index contributed by atoms with van der Waals surface area (Å²) in [5, 5.41) is 5.36. The number of imide groups is 1. The smallest absolute Gasteiger partial charge is 0.325 e. The fourth-order valence-corrected chi connectivity index (χ4v) is 3.72. The summed E-state index contributed by atoms with van der Waals surface area (Å²) < 4.78 is 12.9. The van der Waals surface area contributed by atoms with Crippen molar-refractivity contribution in [3.63, 3.8) is 0 Å². The van der Waals surface area contributed by atoms with E-state index in [1.165, 1.54) is 29.8 Å². The first-order chi connectivity index (χ1) is 13.0. The van der Waals surface area contributed by atoms with E-state index in [0.717, 1.165) is 10.5 Å². The molecule has 2 aromatic rings. The van der Waals surface area contributed by atoms with Crippen molar-refractivity contribution < 1.29 is 18.8 Å². The number of carbonyl (C=O) groups excluding carboxylic acids is 3. The van der Waals surface area contributed by atoms with Crippen LogP contribution in [0.1, 0.15) is 17.5 Å². The standard InChI is InChI=1S/C20H18FN3O3/c21-15-5-7-16(8-6-15)22-17(25)12-24-18(26)20(23-19(24)27)10-9-13-3-1-2-4-14(13)11-20/h1-8H,9-12H2,(H,22,25)(H,23,27)/t20-/m0/s1. The maximum atomic E-state index is 12.9. The third-order valence-corrected chi connectivity index (χ3v) is 5.11. The highest BCUT2D eigenvalue weighted by Crippen LogP contribution is 2.33. The van der Waals surface area contributed by atoms with Crippen LogP contribution in [0.4, 0.5) is 14.9 Å². The number of hydrogen-bond donors (Lipinski definition) is 2. The molecule has 2 aliphatic rings. The van der Waals surface area contributed by atoms with Crippen LogP contribution in [-0.4, -0.2) is 34.8 Å². The monoisotopic (exact) mass is 367 g/mol. The van der Waals surface area contributed by atoms with E-state index in [-0.39, 0.29) is 12.5 Å². The molecule has 6 nitrogen and oxygen atoms in total. The Morgan fingerprint density at radius 1 is 1.11 bits per heavy atom. The number of aryl methyl sites for hydroxylation is 1. The second kappa shape index (κ2) is 6.50. The van der Waals surface area contributed by atoms with Crippen LogP contribution in [0.5, 0.6) is 0 Å². The molecular weight excluding hydrogens is 349 g/mol. The van der Waals surface area contributed by atoms with Crippen LogP contribution in [0.2, 0.25) is 0 Å². The molecule has 1 heterocycles. The van der Waals surface area contributed by atoms with Gasteiger partial charge < -0.3 is 10.6 Å². The summed E-state index contributed by atoms with van der Waals surface area (Å²) in [5.74, 6) is -1.31. The summed E-state index contributed by atoms with van der Waals surface area (Å²) in [6.07, 6.45) is 1.62. The van der Waals surface area contributed by atoms with Gasteiger partial charge in [0.2, 0.25) is 5.91 Å². The SMILES string of the molecule is O=C(CN1C(=O)N[C@]2(CCc3ccccc3C2)C1=O)Nc1ccc(F)cc1. The van der Waals surface area contributed by atoms with E-state index < -0.39 is 23.3 Å². The van der Waals surface area contributed by atoms with Gasteiger partial charge in [0.05, 0.1) is 0 Å². The maximum Gasteiger partial charge on any atom is 0.325 e. The first-order valence-corrected chi connectivity index (χ1v) is 8.73. The fraction of sp³-hybridized carbons (Fsp3) is 0.250. The average molecular weight is 367 g/mol. The van der Waals surface area contributed by atoms with E-state index in [9.17, 15) is 18.8 Å². The van der Waals surface area contributed by atoms with Crippen molar-refractivity contribution in [1.82, 2.24) is 10.2 Å². The van der Waals surface area contributed by atoms with Crippen molar-refractivity contribution in [2.24, 2.45) is 0 Å². The molecule has 2 aromatic carbocycles. The fourth-order valence-electron chi connectivity index (χ4n) is 3.72. The summed E-state index contributed by atoms with van der Waals surface area (Å²) in [4.78, 5) is 38.5. The first-order valence-electron chi connectivity index (χ1n) is 8.73. The van der Waals surface area contributed by atoms with Gasteiger partial charge in [-0.1, -0.05) is 24.3 Å². The molecule has 138 valence electrons. The van der Waals surface area contributed by atoms with Gasteiger partial charge in [0, 0.05) is 12.1 Å². The molecule has 27 heavy (non-hydrogen) atoms. The number of rotatable bonds is 3. The molecule has 1 saturated heterocycles. The van der Waals surface area contributed by atoms with Gasteiger partial charge in [-0.2, -0.15) is 0 Å². The van der Waals surface area contributed by atoms with E-state index >= 15 is 0 Å². The van der Waals surface area contributed by atoms with E-state index in [2.05, 4.69) is 10.6 Å². The number of hydrogen-bond acceptors (Lipinski definition) is 3. The van der Waals surface area contributed by atoms with E-state index in [4.69, 9.17) is 0 Å². The summed E-state index contributed by atoms with van der Waals surface area (Å²) in [6.45, 7) is -0.383. The van der Waals surface area contributed by atoms with Crippen molar-refractivity contribution >= 4 is 23.5 Å². The van der Waals surface area contributed by atoms with E-state index in [1.54, 1.807) is 0 Å². The highest BCUT2D eigenvalue weighted by molar-refractivity contribution is 6.10. The van der Waals surface area contributed by atoms with Crippen LogP contribution in [0.3, 0.4) is 0 Å². The third-order valence-electron chi connectivity index (χ3n) is 5.11.